The highest BCUT2D eigenvalue weighted by Crippen LogP contribution is 2.15. The third-order valence-electron chi connectivity index (χ3n) is 3.33. The van der Waals surface area contributed by atoms with Crippen LogP contribution >= 0.6 is 0 Å². The van der Waals surface area contributed by atoms with Crippen LogP contribution in [0.3, 0.4) is 0 Å². The molecule has 0 aromatic heterocycles. The van der Waals surface area contributed by atoms with E-state index in [9.17, 15) is 4.79 Å². The van der Waals surface area contributed by atoms with Crippen LogP contribution in [-0.2, 0) is 6.54 Å². The number of anilines is 1. The highest BCUT2D eigenvalue weighted by Gasteiger charge is 2.14. The molecule has 0 bridgehead atoms. The highest BCUT2D eigenvalue weighted by atomic mass is 16.2. The van der Waals surface area contributed by atoms with E-state index >= 15 is 0 Å². The van der Waals surface area contributed by atoms with Crippen molar-refractivity contribution >= 4 is 11.6 Å². The Bertz CT molecular complexity index is 699. The Morgan fingerprint density at radius 3 is 2.48 bits per heavy atom. The molecule has 0 unspecified atom stereocenters. The predicted molar refractivity (Wildman–Crippen MR) is 82.5 cm³/mol. The van der Waals surface area contributed by atoms with Gasteiger partial charge < -0.3 is 10.6 Å². The van der Waals surface area contributed by atoms with E-state index in [0.29, 0.717) is 23.4 Å². The van der Waals surface area contributed by atoms with Crippen molar-refractivity contribution in [2.24, 2.45) is 0 Å². The number of nitrogens with zero attached hydrogens (tertiary/aromatic N) is 2. The quantitative estimate of drug-likeness (QED) is 0.878. The summed E-state index contributed by atoms with van der Waals surface area (Å²) < 4.78 is 0. The van der Waals surface area contributed by atoms with Gasteiger partial charge in [-0.3, -0.25) is 4.79 Å². The van der Waals surface area contributed by atoms with E-state index in [1.165, 1.54) is 0 Å². The van der Waals surface area contributed by atoms with E-state index in [0.717, 1.165) is 11.1 Å². The van der Waals surface area contributed by atoms with Gasteiger partial charge in [0.2, 0.25) is 0 Å². The Hall–Kier alpha value is -2.80. The fraction of sp³-hybridized carbons (Fsp3) is 0.176. The first-order chi connectivity index (χ1) is 10.0. The van der Waals surface area contributed by atoms with Crippen LogP contribution in [0.5, 0.6) is 0 Å². The fourth-order valence-electron chi connectivity index (χ4n) is 2.16. The Morgan fingerprint density at radius 1 is 1.24 bits per heavy atom. The van der Waals surface area contributed by atoms with Gasteiger partial charge in [0.05, 0.1) is 11.6 Å². The van der Waals surface area contributed by atoms with Crippen molar-refractivity contribution in [2.75, 3.05) is 12.8 Å². The van der Waals surface area contributed by atoms with Crippen molar-refractivity contribution in [3.63, 3.8) is 0 Å². The maximum Gasteiger partial charge on any atom is 0.254 e. The summed E-state index contributed by atoms with van der Waals surface area (Å²) in [7, 11) is 1.76. The third kappa shape index (κ3) is 3.40. The summed E-state index contributed by atoms with van der Waals surface area (Å²) >= 11 is 0. The Morgan fingerprint density at radius 2 is 1.90 bits per heavy atom. The lowest BCUT2D eigenvalue weighted by atomic mass is 10.1. The first-order valence-electron chi connectivity index (χ1n) is 6.62. The molecule has 0 spiro atoms. The van der Waals surface area contributed by atoms with Gasteiger partial charge in [-0.15, -0.1) is 0 Å². The van der Waals surface area contributed by atoms with Crippen molar-refractivity contribution in [2.45, 2.75) is 13.5 Å². The molecule has 4 heteroatoms. The van der Waals surface area contributed by atoms with Crippen LogP contribution in [0.15, 0.2) is 42.5 Å². The molecule has 4 nitrogen and oxygen atoms in total. The number of carbonyl (C=O) groups is 1. The second-order valence-electron chi connectivity index (χ2n) is 5.04. The molecule has 0 saturated carbocycles. The molecular formula is C17H17N3O. The number of nitrogen functional groups attached to an aromatic ring is 1. The van der Waals surface area contributed by atoms with Gasteiger partial charge in [0.25, 0.3) is 5.91 Å². The van der Waals surface area contributed by atoms with Crippen LogP contribution in [-0.4, -0.2) is 17.9 Å². The highest BCUT2D eigenvalue weighted by molar-refractivity contribution is 5.95. The number of nitriles is 1. The van der Waals surface area contributed by atoms with Crippen LogP contribution in [0.1, 0.15) is 27.0 Å². The Balaban J connectivity index is 2.13. The second kappa shape index (κ2) is 6.10. The number of carbonyl (C=O) groups excluding carboxylic acids is 1. The number of rotatable bonds is 3. The van der Waals surface area contributed by atoms with Gasteiger partial charge in [-0.2, -0.15) is 5.26 Å². The average Bonchev–Trinajstić information content (AvgIpc) is 2.47. The molecule has 2 N–H and O–H groups in total. The summed E-state index contributed by atoms with van der Waals surface area (Å²) in [4.78, 5) is 14.1. The van der Waals surface area contributed by atoms with Crippen LogP contribution in [0, 0.1) is 18.3 Å². The number of benzene rings is 2. The number of hydrogen-bond donors (Lipinski definition) is 1. The summed E-state index contributed by atoms with van der Waals surface area (Å²) in [6, 6.07) is 14.6. The summed E-state index contributed by atoms with van der Waals surface area (Å²) in [5, 5.41) is 8.78. The minimum absolute atomic E-state index is 0.0446. The number of aryl methyl sites for hydroxylation is 1. The maximum absolute atomic E-state index is 12.4. The first kappa shape index (κ1) is 14.6. The Labute approximate surface area is 124 Å². The van der Waals surface area contributed by atoms with Crippen molar-refractivity contribution in [1.29, 1.82) is 5.26 Å². The van der Waals surface area contributed by atoms with Gasteiger partial charge in [0.1, 0.15) is 0 Å². The summed E-state index contributed by atoms with van der Waals surface area (Å²) in [5.41, 5.74) is 9.47. The predicted octanol–water partition coefficient (Wildman–Crippen LogP) is 2.72. The Kier molecular flexibility index (Phi) is 4.24. The normalized spacial score (nSPS) is 9.95. The van der Waals surface area contributed by atoms with Crippen LogP contribution < -0.4 is 5.73 Å². The summed E-state index contributed by atoms with van der Waals surface area (Å²) in [6.07, 6.45) is 0. The van der Waals surface area contributed by atoms with E-state index in [4.69, 9.17) is 11.0 Å². The second-order valence-corrected chi connectivity index (χ2v) is 5.04. The van der Waals surface area contributed by atoms with Gasteiger partial charge >= 0.3 is 0 Å². The third-order valence-corrected chi connectivity index (χ3v) is 3.33. The molecule has 0 atom stereocenters. The molecule has 0 aliphatic rings. The van der Waals surface area contributed by atoms with Crippen molar-refractivity contribution in [3.8, 4) is 6.07 Å². The van der Waals surface area contributed by atoms with Crippen molar-refractivity contribution in [3.05, 3.63) is 64.7 Å². The molecule has 2 aromatic carbocycles. The molecule has 2 aromatic rings. The van der Waals surface area contributed by atoms with E-state index in [-0.39, 0.29) is 5.91 Å². The van der Waals surface area contributed by atoms with E-state index in [2.05, 4.69) is 6.07 Å². The molecule has 0 aliphatic carbocycles. The lowest BCUT2D eigenvalue weighted by molar-refractivity contribution is 0.0784. The minimum atomic E-state index is -0.0446. The first-order valence-corrected chi connectivity index (χ1v) is 6.62. The maximum atomic E-state index is 12.4. The molecule has 0 saturated heterocycles. The minimum Gasteiger partial charge on any atom is -0.399 e. The lowest BCUT2D eigenvalue weighted by Crippen LogP contribution is -2.26. The topological polar surface area (TPSA) is 70.1 Å². The molecule has 0 radical (unpaired) electrons. The molecule has 0 heterocycles. The van der Waals surface area contributed by atoms with Crippen LogP contribution in [0.2, 0.25) is 0 Å². The van der Waals surface area contributed by atoms with Gasteiger partial charge in [0.15, 0.2) is 0 Å². The largest absolute Gasteiger partial charge is 0.399 e. The summed E-state index contributed by atoms with van der Waals surface area (Å²) in [5.74, 6) is -0.0446. The SMILES string of the molecule is Cc1cc(N)ccc1C(=O)N(C)Cc1ccc(C#N)cc1. The average molecular weight is 279 g/mol. The standard InChI is InChI=1S/C17H17N3O/c1-12-9-15(19)7-8-16(12)17(21)20(2)11-14-5-3-13(10-18)4-6-14/h3-9H,11,19H2,1-2H3. The lowest BCUT2D eigenvalue weighted by Gasteiger charge is -2.18. The molecule has 0 fully saturated rings. The smallest absolute Gasteiger partial charge is 0.254 e. The van der Waals surface area contributed by atoms with E-state index in [1.807, 2.05) is 19.1 Å². The zero-order chi connectivity index (χ0) is 15.4. The summed E-state index contributed by atoms with van der Waals surface area (Å²) in [6.45, 7) is 2.37. The van der Waals surface area contributed by atoms with Gasteiger partial charge in [0, 0.05) is 24.8 Å². The molecule has 2 rings (SSSR count). The van der Waals surface area contributed by atoms with Crippen LogP contribution in [0.25, 0.3) is 0 Å². The van der Waals surface area contributed by atoms with E-state index in [1.54, 1.807) is 42.3 Å². The van der Waals surface area contributed by atoms with Crippen molar-refractivity contribution < 1.29 is 4.79 Å². The molecule has 106 valence electrons. The number of amides is 1. The number of hydrogen-bond acceptors (Lipinski definition) is 3. The zero-order valence-corrected chi connectivity index (χ0v) is 12.1. The van der Waals surface area contributed by atoms with E-state index < -0.39 is 0 Å². The number of nitrogens with two attached hydrogens (primary N) is 1. The molecule has 21 heavy (non-hydrogen) atoms. The van der Waals surface area contributed by atoms with Gasteiger partial charge in [-0.25, -0.2) is 0 Å². The molecule has 0 aliphatic heterocycles. The fourth-order valence-corrected chi connectivity index (χ4v) is 2.16. The van der Waals surface area contributed by atoms with Gasteiger partial charge in [-0.05, 0) is 48.4 Å². The van der Waals surface area contributed by atoms with Crippen molar-refractivity contribution in [1.82, 2.24) is 4.90 Å². The zero-order valence-electron chi connectivity index (χ0n) is 12.1. The van der Waals surface area contributed by atoms with Crippen LogP contribution in [0.4, 0.5) is 5.69 Å². The molecular weight excluding hydrogens is 262 g/mol. The monoisotopic (exact) mass is 279 g/mol. The van der Waals surface area contributed by atoms with Gasteiger partial charge in [-0.1, -0.05) is 12.1 Å². The molecule has 1 amide bonds.